The van der Waals surface area contributed by atoms with Gasteiger partial charge in [0.25, 0.3) is 5.91 Å². The monoisotopic (exact) mass is 310 g/mol. The zero-order valence-corrected chi connectivity index (χ0v) is 11.3. The lowest BCUT2D eigenvalue weighted by atomic mass is 10.1. The maximum absolute atomic E-state index is 13.6. The number of hydrogen-bond donors (Lipinski definition) is 2. The van der Waals surface area contributed by atoms with Crippen LogP contribution in [-0.2, 0) is 0 Å². The van der Waals surface area contributed by atoms with E-state index in [1.165, 1.54) is 18.2 Å². The number of benzene rings is 2. The number of carbonyl (C=O) groups is 1. The summed E-state index contributed by atoms with van der Waals surface area (Å²) >= 11 is 4.71. The second-order valence-corrected chi connectivity index (χ2v) is 4.52. The zero-order valence-electron chi connectivity index (χ0n) is 10.5. The van der Waals surface area contributed by atoms with E-state index in [0.29, 0.717) is 0 Å². The number of nitrogens with one attached hydrogen (secondary N) is 1. The Labute approximate surface area is 123 Å². The molecule has 21 heavy (non-hydrogen) atoms. The fourth-order valence-corrected chi connectivity index (χ4v) is 1.95. The third-order valence-corrected chi connectivity index (χ3v) is 2.91. The Balaban J connectivity index is 2.39. The van der Waals surface area contributed by atoms with Gasteiger partial charge in [0.2, 0.25) is 0 Å². The molecule has 2 rings (SSSR count). The van der Waals surface area contributed by atoms with E-state index in [1.54, 1.807) is 0 Å². The second-order valence-electron chi connectivity index (χ2n) is 4.08. The summed E-state index contributed by atoms with van der Waals surface area (Å²) in [7, 11) is 0. The molecule has 0 aliphatic rings. The fourth-order valence-electron chi connectivity index (χ4n) is 1.75. The normalized spacial score (nSPS) is 10.2. The summed E-state index contributed by atoms with van der Waals surface area (Å²) in [6.07, 6.45) is 0. The summed E-state index contributed by atoms with van der Waals surface area (Å²) in [5.74, 6) is -4.10. The molecule has 0 bridgehead atoms. The Morgan fingerprint density at radius 1 is 1.05 bits per heavy atom. The van der Waals surface area contributed by atoms with Gasteiger partial charge >= 0.3 is 0 Å². The van der Waals surface area contributed by atoms with Crippen LogP contribution in [0.3, 0.4) is 0 Å². The molecule has 3 nitrogen and oxygen atoms in total. The van der Waals surface area contributed by atoms with Crippen molar-refractivity contribution in [3.8, 4) is 0 Å². The second kappa shape index (κ2) is 5.92. The smallest absolute Gasteiger partial charge is 0.258 e. The standard InChI is InChI=1S/C14H9F3N2OS/c15-8-4-2-6-10(11(8)13(18)21)19-14(20)7-3-1-5-9(16)12(7)17/h1-6H,(H2,18,21)(H,19,20). The van der Waals surface area contributed by atoms with E-state index in [4.69, 9.17) is 18.0 Å². The van der Waals surface area contributed by atoms with Crippen molar-refractivity contribution in [2.45, 2.75) is 0 Å². The van der Waals surface area contributed by atoms with Crippen molar-refractivity contribution in [2.75, 3.05) is 5.32 Å². The van der Waals surface area contributed by atoms with Crippen molar-refractivity contribution in [3.63, 3.8) is 0 Å². The van der Waals surface area contributed by atoms with Gasteiger partial charge in [-0.3, -0.25) is 4.79 Å². The summed E-state index contributed by atoms with van der Waals surface area (Å²) in [6, 6.07) is 6.98. The quantitative estimate of drug-likeness (QED) is 0.857. The van der Waals surface area contributed by atoms with E-state index in [-0.39, 0.29) is 16.2 Å². The van der Waals surface area contributed by atoms with E-state index < -0.39 is 28.9 Å². The molecule has 0 saturated carbocycles. The average Bonchev–Trinajstić information content (AvgIpc) is 2.41. The number of halogens is 3. The predicted molar refractivity (Wildman–Crippen MR) is 76.6 cm³/mol. The summed E-state index contributed by atoms with van der Waals surface area (Å²) < 4.78 is 40.3. The van der Waals surface area contributed by atoms with Gasteiger partial charge in [0, 0.05) is 0 Å². The summed E-state index contributed by atoms with van der Waals surface area (Å²) in [4.78, 5) is 11.7. The minimum Gasteiger partial charge on any atom is -0.389 e. The molecular formula is C14H9F3N2OS. The van der Waals surface area contributed by atoms with Crippen molar-refractivity contribution in [2.24, 2.45) is 5.73 Å². The van der Waals surface area contributed by atoms with Crippen LogP contribution in [0.15, 0.2) is 36.4 Å². The SMILES string of the molecule is NC(=S)c1c(F)cccc1NC(=O)c1cccc(F)c1F. The fraction of sp³-hybridized carbons (Fsp3) is 0. The van der Waals surface area contributed by atoms with Gasteiger partial charge in [-0.15, -0.1) is 0 Å². The Kier molecular flexibility index (Phi) is 4.23. The highest BCUT2D eigenvalue weighted by Gasteiger charge is 2.18. The molecule has 0 fully saturated rings. The van der Waals surface area contributed by atoms with E-state index in [0.717, 1.165) is 18.2 Å². The molecule has 0 saturated heterocycles. The van der Waals surface area contributed by atoms with Crippen molar-refractivity contribution in [3.05, 3.63) is 65.0 Å². The number of carbonyl (C=O) groups excluding carboxylic acids is 1. The van der Waals surface area contributed by atoms with Crippen molar-refractivity contribution in [1.29, 1.82) is 0 Å². The van der Waals surface area contributed by atoms with Gasteiger partial charge < -0.3 is 11.1 Å². The van der Waals surface area contributed by atoms with Crippen LogP contribution in [0.4, 0.5) is 18.9 Å². The largest absolute Gasteiger partial charge is 0.389 e. The van der Waals surface area contributed by atoms with Gasteiger partial charge in [0.15, 0.2) is 11.6 Å². The predicted octanol–water partition coefficient (Wildman–Crippen LogP) is 2.99. The summed E-state index contributed by atoms with van der Waals surface area (Å²) in [6.45, 7) is 0. The number of hydrogen-bond acceptors (Lipinski definition) is 2. The lowest BCUT2D eigenvalue weighted by molar-refractivity contribution is 0.102. The molecule has 0 heterocycles. The lowest BCUT2D eigenvalue weighted by Crippen LogP contribution is -2.20. The van der Waals surface area contributed by atoms with Crippen LogP contribution in [0.25, 0.3) is 0 Å². The summed E-state index contributed by atoms with van der Waals surface area (Å²) in [5.41, 5.74) is 4.70. The molecule has 7 heteroatoms. The van der Waals surface area contributed by atoms with Gasteiger partial charge in [-0.1, -0.05) is 24.4 Å². The Morgan fingerprint density at radius 2 is 1.67 bits per heavy atom. The average molecular weight is 310 g/mol. The van der Waals surface area contributed by atoms with E-state index in [2.05, 4.69) is 5.32 Å². The van der Waals surface area contributed by atoms with Gasteiger partial charge in [-0.05, 0) is 24.3 Å². The van der Waals surface area contributed by atoms with E-state index >= 15 is 0 Å². The highest BCUT2D eigenvalue weighted by Crippen LogP contribution is 2.20. The van der Waals surface area contributed by atoms with Gasteiger partial charge in [0.1, 0.15) is 10.8 Å². The van der Waals surface area contributed by atoms with Crippen molar-refractivity contribution in [1.82, 2.24) is 0 Å². The van der Waals surface area contributed by atoms with Gasteiger partial charge in [-0.25, -0.2) is 13.2 Å². The van der Waals surface area contributed by atoms with Gasteiger partial charge in [-0.2, -0.15) is 0 Å². The first-order chi connectivity index (χ1) is 9.91. The Morgan fingerprint density at radius 3 is 2.33 bits per heavy atom. The number of thiocarbonyl (C=S) groups is 1. The highest BCUT2D eigenvalue weighted by atomic mass is 32.1. The van der Waals surface area contributed by atoms with Gasteiger partial charge in [0.05, 0.1) is 16.8 Å². The zero-order chi connectivity index (χ0) is 15.6. The minimum absolute atomic E-state index is 0.0174. The molecule has 2 aromatic carbocycles. The third kappa shape index (κ3) is 3.03. The molecule has 0 spiro atoms. The Bertz CT molecular complexity index is 734. The van der Waals surface area contributed by atoms with Crippen LogP contribution < -0.4 is 11.1 Å². The van der Waals surface area contributed by atoms with Crippen LogP contribution in [0.1, 0.15) is 15.9 Å². The van der Waals surface area contributed by atoms with Crippen LogP contribution in [0, 0.1) is 17.5 Å². The number of amides is 1. The molecule has 2 aromatic rings. The highest BCUT2D eigenvalue weighted by molar-refractivity contribution is 7.80. The molecule has 0 unspecified atom stereocenters. The molecule has 108 valence electrons. The van der Waals surface area contributed by atoms with Crippen LogP contribution >= 0.6 is 12.2 Å². The topological polar surface area (TPSA) is 55.1 Å². The molecule has 0 atom stereocenters. The molecule has 0 radical (unpaired) electrons. The first kappa shape index (κ1) is 15.0. The van der Waals surface area contributed by atoms with Crippen LogP contribution in [0.5, 0.6) is 0 Å². The first-order valence-corrected chi connectivity index (χ1v) is 6.16. The number of anilines is 1. The Hall–Kier alpha value is -2.41. The van der Waals surface area contributed by atoms with Crippen molar-refractivity contribution >= 4 is 28.8 Å². The first-order valence-electron chi connectivity index (χ1n) is 5.75. The number of rotatable bonds is 3. The third-order valence-electron chi connectivity index (χ3n) is 2.70. The van der Waals surface area contributed by atoms with Crippen LogP contribution in [0.2, 0.25) is 0 Å². The minimum atomic E-state index is -1.29. The van der Waals surface area contributed by atoms with Crippen LogP contribution in [-0.4, -0.2) is 10.9 Å². The van der Waals surface area contributed by atoms with E-state index in [9.17, 15) is 18.0 Å². The molecule has 3 N–H and O–H groups in total. The molecule has 1 amide bonds. The van der Waals surface area contributed by atoms with E-state index in [1.807, 2.05) is 0 Å². The molecule has 0 aromatic heterocycles. The molecular weight excluding hydrogens is 301 g/mol. The number of nitrogens with two attached hydrogens (primary N) is 1. The lowest BCUT2D eigenvalue weighted by Gasteiger charge is -2.11. The van der Waals surface area contributed by atoms with Crippen molar-refractivity contribution < 1.29 is 18.0 Å². The molecule has 0 aliphatic carbocycles. The maximum Gasteiger partial charge on any atom is 0.258 e. The maximum atomic E-state index is 13.6. The summed E-state index contributed by atoms with van der Waals surface area (Å²) in [5, 5.41) is 2.26. The molecule has 0 aliphatic heterocycles.